The van der Waals surface area contributed by atoms with Crippen LogP contribution in [0.5, 0.6) is 0 Å². The SMILES string of the molecule is C.CC1=C(C2=C(C)[C@@]3(C)C[P@]2C(c2ccccc2)=C3c2ccccc2)[P@]2C[C@@]1(C)C(c1ccccc1)=C2c1ccccc1. The predicted octanol–water partition coefficient (Wildman–Crippen LogP) is 12.3. The van der Waals surface area contributed by atoms with E-state index in [1.165, 1.54) is 34.6 Å². The van der Waals surface area contributed by atoms with Gasteiger partial charge < -0.3 is 0 Å². The Labute approximate surface area is 260 Å². The van der Waals surface area contributed by atoms with Gasteiger partial charge in [0.25, 0.3) is 0 Å². The van der Waals surface area contributed by atoms with Gasteiger partial charge in [0.05, 0.1) is 0 Å². The molecule has 0 unspecified atom stereocenters. The molecule has 0 amide bonds. The lowest BCUT2D eigenvalue weighted by molar-refractivity contribution is 0.623. The molecule has 0 saturated heterocycles. The molecule has 0 aliphatic carbocycles. The lowest BCUT2D eigenvalue weighted by Crippen LogP contribution is -2.20. The predicted molar refractivity (Wildman–Crippen MR) is 191 cm³/mol. The minimum absolute atomic E-state index is 0. The lowest BCUT2D eigenvalue weighted by atomic mass is 9.72. The molecular formula is C41H40P2. The fourth-order valence-electron chi connectivity index (χ4n) is 8.19. The summed E-state index contributed by atoms with van der Waals surface area (Å²) >= 11 is 0. The van der Waals surface area contributed by atoms with Crippen molar-refractivity contribution in [3.05, 3.63) is 165 Å². The Balaban J connectivity index is 0.00000300. The number of fused-ring (bicyclic) bond motifs is 4. The standard InChI is InChI=1S/C40H36P2.CH4/c1-27-35(41-25-39(27,3)33(29-17-9-5-10-18-29)37(41)31-21-13-7-14-22-31)36-28(2)40(4)26-42(36)38(32-23-15-8-16-24-32)34(40)30-19-11-6-12-20-30;/h5-24H,25-26H2,1-4H3;1H4/t39-,40-,41+,42+;/m1./s1. The molecule has 4 atom stereocenters. The summed E-state index contributed by atoms with van der Waals surface area (Å²) in [6.07, 6.45) is 2.48. The van der Waals surface area contributed by atoms with E-state index in [0.717, 1.165) is 0 Å². The van der Waals surface area contributed by atoms with Crippen LogP contribution in [0.2, 0.25) is 0 Å². The van der Waals surface area contributed by atoms with Gasteiger partial charge in [0.15, 0.2) is 0 Å². The quantitative estimate of drug-likeness (QED) is 0.202. The number of hydrogen-bond donors (Lipinski definition) is 0. The molecule has 4 aliphatic heterocycles. The Hall–Kier alpha value is -3.30. The van der Waals surface area contributed by atoms with Crippen LogP contribution in [-0.2, 0) is 0 Å². The summed E-state index contributed by atoms with van der Waals surface area (Å²) < 4.78 is 0. The van der Waals surface area contributed by atoms with Crippen LogP contribution in [0.1, 0.15) is 57.4 Å². The maximum atomic E-state index is 2.55. The fraction of sp³-hybridized carbons (Fsp3) is 0.220. The molecule has 2 heteroatoms. The first-order valence-electron chi connectivity index (χ1n) is 15.1. The van der Waals surface area contributed by atoms with Crippen molar-refractivity contribution in [1.29, 1.82) is 0 Å². The van der Waals surface area contributed by atoms with Crippen molar-refractivity contribution in [2.75, 3.05) is 12.3 Å². The second-order valence-electron chi connectivity index (χ2n) is 12.7. The molecule has 4 aromatic carbocycles. The molecule has 0 aromatic heterocycles. The summed E-state index contributed by atoms with van der Waals surface area (Å²) in [7, 11) is -0.912. The molecule has 214 valence electrons. The summed E-state index contributed by atoms with van der Waals surface area (Å²) in [5.41, 5.74) is 12.2. The van der Waals surface area contributed by atoms with E-state index < -0.39 is 15.8 Å². The van der Waals surface area contributed by atoms with E-state index in [1.54, 1.807) is 43.5 Å². The number of allylic oxidation sites excluding steroid dienone is 6. The molecule has 4 heterocycles. The fourth-order valence-corrected chi connectivity index (χ4v) is 16.4. The van der Waals surface area contributed by atoms with Gasteiger partial charge in [0.2, 0.25) is 0 Å². The smallest absolute Gasteiger partial charge is 0.0198 e. The molecule has 4 bridgehead atoms. The zero-order valence-electron chi connectivity index (χ0n) is 24.9. The van der Waals surface area contributed by atoms with Crippen LogP contribution in [0.4, 0.5) is 0 Å². The number of benzene rings is 4. The van der Waals surface area contributed by atoms with Gasteiger partial charge in [-0.2, -0.15) is 0 Å². The van der Waals surface area contributed by atoms with E-state index >= 15 is 0 Å². The molecule has 4 aromatic rings. The summed E-state index contributed by atoms with van der Waals surface area (Å²) in [5.74, 6) is 0. The average Bonchev–Trinajstić information content (AvgIpc) is 3.69. The van der Waals surface area contributed by atoms with Crippen LogP contribution in [-0.4, -0.2) is 12.3 Å². The normalized spacial score (nSPS) is 27.4. The monoisotopic (exact) mass is 594 g/mol. The maximum Gasteiger partial charge on any atom is 0.0198 e. The van der Waals surface area contributed by atoms with Gasteiger partial charge in [0, 0.05) is 10.8 Å². The molecule has 0 fully saturated rings. The molecule has 0 spiro atoms. The number of rotatable bonds is 5. The van der Waals surface area contributed by atoms with Crippen molar-refractivity contribution in [3.8, 4) is 0 Å². The zero-order chi connectivity index (χ0) is 28.6. The lowest BCUT2D eigenvalue weighted by Gasteiger charge is -2.36. The zero-order valence-corrected chi connectivity index (χ0v) is 26.6. The van der Waals surface area contributed by atoms with Crippen molar-refractivity contribution in [3.63, 3.8) is 0 Å². The Morgan fingerprint density at radius 2 is 0.698 bits per heavy atom. The van der Waals surface area contributed by atoms with E-state index in [2.05, 4.69) is 149 Å². The molecule has 0 nitrogen and oxygen atoms in total. The van der Waals surface area contributed by atoms with Gasteiger partial charge in [-0.15, -0.1) is 0 Å². The third-order valence-corrected chi connectivity index (χ3v) is 16.7. The highest BCUT2D eigenvalue weighted by atomic mass is 31.1. The van der Waals surface area contributed by atoms with Gasteiger partial charge >= 0.3 is 0 Å². The van der Waals surface area contributed by atoms with Gasteiger partial charge in [-0.1, -0.05) is 154 Å². The summed E-state index contributed by atoms with van der Waals surface area (Å²) in [5, 5.41) is 6.72. The average molecular weight is 595 g/mol. The molecular weight excluding hydrogens is 554 g/mol. The minimum Gasteiger partial charge on any atom is -0.0776 e. The highest BCUT2D eigenvalue weighted by Gasteiger charge is 2.58. The Bertz CT molecular complexity index is 1710. The van der Waals surface area contributed by atoms with Crippen LogP contribution in [0.15, 0.2) is 143 Å². The Morgan fingerprint density at radius 1 is 0.419 bits per heavy atom. The van der Waals surface area contributed by atoms with E-state index in [1.807, 2.05) is 0 Å². The highest BCUT2D eigenvalue weighted by Crippen LogP contribution is 2.87. The Kier molecular flexibility index (Phi) is 6.89. The van der Waals surface area contributed by atoms with Crippen molar-refractivity contribution in [2.24, 2.45) is 10.8 Å². The van der Waals surface area contributed by atoms with Crippen LogP contribution in [0, 0.1) is 10.8 Å². The molecule has 4 aliphatic rings. The molecule has 0 N–H and O–H groups in total. The third-order valence-electron chi connectivity index (χ3n) is 10.4. The van der Waals surface area contributed by atoms with Crippen molar-refractivity contribution in [1.82, 2.24) is 0 Å². The van der Waals surface area contributed by atoms with Gasteiger partial charge in [-0.3, -0.25) is 0 Å². The maximum absolute atomic E-state index is 2.55. The first-order chi connectivity index (χ1) is 20.4. The van der Waals surface area contributed by atoms with Crippen molar-refractivity contribution < 1.29 is 0 Å². The van der Waals surface area contributed by atoms with Crippen LogP contribution < -0.4 is 0 Å². The largest absolute Gasteiger partial charge is 0.0776 e. The molecule has 43 heavy (non-hydrogen) atoms. The van der Waals surface area contributed by atoms with Crippen LogP contribution >= 0.6 is 15.8 Å². The second kappa shape index (κ2) is 10.4. The van der Waals surface area contributed by atoms with E-state index in [4.69, 9.17) is 0 Å². The minimum atomic E-state index is -0.456. The van der Waals surface area contributed by atoms with Crippen LogP contribution in [0.3, 0.4) is 0 Å². The first kappa shape index (κ1) is 28.5. The molecule has 8 rings (SSSR count). The molecule has 0 radical (unpaired) electrons. The highest BCUT2D eigenvalue weighted by molar-refractivity contribution is 7.79. The first-order valence-corrected chi connectivity index (χ1v) is 18.2. The van der Waals surface area contributed by atoms with Gasteiger partial charge in [0.1, 0.15) is 0 Å². The summed E-state index contributed by atoms with van der Waals surface area (Å²) in [6.45, 7) is 10.1. The van der Waals surface area contributed by atoms with Gasteiger partial charge in [-0.05, 0) is 96.7 Å². The van der Waals surface area contributed by atoms with Crippen LogP contribution in [0.25, 0.3) is 21.8 Å². The van der Waals surface area contributed by atoms with Crippen molar-refractivity contribution >= 4 is 37.6 Å². The topological polar surface area (TPSA) is 0 Å². The molecule has 0 saturated carbocycles. The van der Waals surface area contributed by atoms with Gasteiger partial charge in [-0.25, -0.2) is 0 Å². The van der Waals surface area contributed by atoms with E-state index in [9.17, 15) is 0 Å². The van der Waals surface area contributed by atoms with Crippen molar-refractivity contribution in [2.45, 2.75) is 35.1 Å². The Morgan fingerprint density at radius 3 is 1.00 bits per heavy atom. The summed E-state index contributed by atoms with van der Waals surface area (Å²) in [6, 6.07) is 45.1. The van der Waals surface area contributed by atoms with E-state index in [-0.39, 0.29) is 18.3 Å². The van der Waals surface area contributed by atoms with E-state index in [0.29, 0.717) is 0 Å². The second-order valence-corrected chi connectivity index (χ2v) is 16.8. The summed E-state index contributed by atoms with van der Waals surface area (Å²) in [4.78, 5) is 0. The number of hydrogen-bond acceptors (Lipinski definition) is 0. The third kappa shape index (κ3) is 3.96.